The van der Waals surface area contributed by atoms with Crippen LogP contribution in [0.1, 0.15) is 28.8 Å². The minimum atomic E-state index is -0.557. The van der Waals surface area contributed by atoms with Gasteiger partial charge in [-0.15, -0.1) is 23.1 Å². The quantitative estimate of drug-likeness (QED) is 0.812. The maximum absolute atomic E-state index is 13.6. The van der Waals surface area contributed by atoms with Crippen molar-refractivity contribution in [1.82, 2.24) is 0 Å². The molecule has 124 valence electrons. The SMILES string of the molecule is N#Cc1c(NC(=O)CSc2cc(F)ccc2F)sc2c1CCCC2. The highest BCUT2D eigenvalue weighted by Crippen LogP contribution is 2.37. The number of thiophene rings is 1. The summed E-state index contributed by atoms with van der Waals surface area (Å²) in [5, 5.41) is 12.7. The fourth-order valence-electron chi connectivity index (χ4n) is 2.67. The Morgan fingerprint density at radius 2 is 2.12 bits per heavy atom. The highest BCUT2D eigenvalue weighted by Gasteiger charge is 2.21. The number of thioether (sulfide) groups is 1. The summed E-state index contributed by atoms with van der Waals surface area (Å²) in [5.74, 6) is -1.48. The Kier molecular flexibility index (Phi) is 5.17. The van der Waals surface area contributed by atoms with Gasteiger partial charge in [-0.1, -0.05) is 0 Å². The van der Waals surface area contributed by atoms with Gasteiger partial charge in [0.15, 0.2) is 0 Å². The fourth-order valence-corrected chi connectivity index (χ4v) is 4.68. The lowest BCUT2D eigenvalue weighted by molar-refractivity contribution is -0.113. The molecule has 0 bridgehead atoms. The van der Waals surface area contributed by atoms with E-state index in [2.05, 4.69) is 11.4 Å². The van der Waals surface area contributed by atoms with Gasteiger partial charge >= 0.3 is 0 Å². The highest BCUT2D eigenvalue weighted by atomic mass is 32.2. The van der Waals surface area contributed by atoms with Crippen LogP contribution in [0, 0.1) is 23.0 Å². The normalized spacial score (nSPS) is 13.2. The summed E-state index contributed by atoms with van der Waals surface area (Å²) in [5.41, 5.74) is 1.60. The summed E-state index contributed by atoms with van der Waals surface area (Å²) in [6, 6.07) is 5.32. The van der Waals surface area contributed by atoms with Crippen LogP contribution in [-0.4, -0.2) is 11.7 Å². The van der Waals surface area contributed by atoms with Crippen molar-refractivity contribution >= 4 is 34.0 Å². The van der Waals surface area contributed by atoms with Gasteiger partial charge in [-0.2, -0.15) is 5.26 Å². The van der Waals surface area contributed by atoms with E-state index < -0.39 is 11.6 Å². The van der Waals surface area contributed by atoms with E-state index in [0.29, 0.717) is 10.6 Å². The third-order valence-corrected chi connectivity index (χ3v) is 6.03. The van der Waals surface area contributed by atoms with Crippen molar-refractivity contribution in [1.29, 1.82) is 5.26 Å². The van der Waals surface area contributed by atoms with Gasteiger partial charge in [0.05, 0.1) is 11.3 Å². The first kappa shape index (κ1) is 16.9. The second-order valence-electron chi connectivity index (χ2n) is 5.44. The summed E-state index contributed by atoms with van der Waals surface area (Å²) in [7, 11) is 0. The molecule has 3 nitrogen and oxygen atoms in total. The number of nitrogens with zero attached hydrogens (tertiary/aromatic N) is 1. The third kappa shape index (κ3) is 3.60. The molecule has 0 radical (unpaired) electrons. The van der Waals surface area contributed by atoms with Crippen molar-refractivity contribution in [2.75, 3.05) is 11.1 Å². The number of halogens is 2. The Bertz CT molecular complexity index is 827. The van der Waals surface area contributed by atoms with Gasteiger partial charge in [-0.05, 0) is 49.4 Å². The molecule has 1 aliphatic rings. The number of nitriles is 1. The number of amides is 1. The Morgan fingerprint density at radius 3 is 2.92 bits per heavy atom. The minimum absolute atomic E-state index is 0.0478. The zero-order valence-corrected chi connectivity index (χ0v) is 14.3. The van der Waals surface area contributed by atoms with Crippen LogP contribution in [0.3, 0.4) is 0 Å². The van der Waals surface area contributed by atoms with Crippen LogP contribution in [0.25, 0.3) is 0 Å². The molecule has 0 saturated heterocycles. The number of fused-ring (bicyclic) bond motifs is 1. The van der Waals surface area contributed by atoms with E-state index in [1.54, 1.807) is 0 Å². The second kappa shape index (κ2) is 7.32. The van der Waals surface area contributed by atoms with Crippen molar-refractivity contribution in [2.45, 2.75) is 30.6 Å². The number of nitrogens with one attached hydrogen (secondary N) is 1. The van der Waals surface area contributed by atoms with Crippen molar-refractivity contribution in [2.24, 2.45) is 0 Å². The van der Waals surface area contributed by atoms with Gasteiger partial charge in [0.2, 0.25) is 5.91 Å². The Labute approximate surface area is 146 Å². The zero-order valence-electron chi connectivity index (χ0n) is 12.7. The Balaban J connectivity index is 1.68. The predicted octanol–water partition coefficient (Wildman–Crippen LogP) is 4.51. The van der Waals surface area contributed by atoms with E-state index in [1.165, 1.54) is 11.3 Å². The average Bonchev–Trinajstić information content (AvgIpc) is 2.92. The third-order valence-electron chi connectivity index (χ3n) is 3.79. The molecule has 1 aromatic carbocycles. The fraction of sp³-hybridized carbons (Fsp3) is 0.294. The van der Waals surface area contributed by atoms with Gasteiger partial charge in [0.1, 0.15) is 22.7 Å². The van der Waals surface area contributed by atoms with Gasteiger partial charge in [0.25, 0.3) is 0 Å². The molecule has 2 aromatic rings. The molecule has 0 aliphatic heterocycles. The van der Waals surface area contributed by atoms with Crippen molar-refractivity contribution in [3.8, 4) is 6.07 Å². The largest absolute Gasteiger partial charge is 0.316 e. The minimum Gasteiger partial charge on any atom is -0.316 e. The lowest BCUT2D eigenvalue weighted by Gasteiger charge is -2.09. The summed E-state index contributed by atoms with van der Waals surface area (Å²) >= 11 is 2.38. The smallest absolute Gasteiger partial charge is 0.235 e. The van der Waals surface area contributed by atoms with Crippen LogP contribution in [0.5, 0.6) is 0 Å². The Morgan fingerprint density at radius 1 is 1.33 bits per heavy atom. The first-order valence-corrected chi connectivity index (χ1v) is 9.31. The van der Waals surface area contributed by atoms with E-state index in [0.717, 1.165) is 66.1 Å². The molecule has 0 fully saturated rings. The molecule has 7 heteroatoms. The number of hydrogen-bond donors (Lipinski definition) is 1. The van der Waals surface area contributed by atoms with E-state index >= 15 is 0 Å². The summed E-state index contributed by atoms with van der Waals surface area (Å²) in [4.78, 5) is 13.4. The molecule has 24 heavy (non-hydrogen) atoms. The maximum Gasteiger partial charge on any atom is 0.235 e. The molecule has 0 atom stereocenters. The molecule has 0 saturated carbocycles. The summed E-state index contributed by atoms with van der Waals surface area (Å²) in [6.45, 7) is 0. The monoisotopic (exact) mass is 364 g/mol. The number of carbonyl (C=O) groups is 1. The number of hydrogen-bond acceptors (Lipinski definition) is 4. The zero-order chi connectivity index (χ0) is 17.1. The van der Waals surface area contributed by atoms with E-state index in [9.17, 15) is 18.8 Å². The van der Waals surface area contributed by atoms with Crippen LogP contribution < -0.4 is 5.32 Å². The Hall–Kier alpha value is -1.91. The first-order chi connectivity index (χ1) is 11.6. The van der Waals surface area contributed by atoms with Crippen LogP contribution in [0.15, 0.2) is 23.1 Å². The van der Waals surface area contributed by atoms with E-state index in [-0.39, 0.29) is 16.6 Å². The van der Waals surface area contributed by atoms with Gasteiger partial charge in [-0.3, -0.25) is 4.79 Å². The molecular weight excluding hydrogens is 350 g/mol. The second-order valence-corrected chi connectivity index (χ2v) is 7.56. The molecule has 1 aromatic heterocycles. The lowest BCUT2D eigenvalue weighted by Crippen LogP contribution is -2.14. The van der Waals surface area contributed by atoms with Crippen molar-refractivity contribution in [3.63, 3.8) is 0 Å². The topological polar surface area (TPSA) is 52.9 Å². The maximum atomic E-state index is 13.6. The molecular formula is C17H14F2N2OS2. The lowest BCUT2D eigenvalue weighted by atomic mass is 9.96. The highest BCUT2D eigenvalue weighted by molar-refractivity contribution is 8.00. The number of benzene rings is 1. The number of carbonyl (C=O) groups excluding carboxylic acids is 1. The summed E-state index contributed by atoms with van der Waals surface area (Å²) < 4.78 is 26.7. The number of aryl methyl sites for hydroxylation is 1. The van der Waals surface area contributed by atoms with Gasteiger partial charge in [-0.25, -0.2) is 8.78 Å². The van der Waals surface area contributed by atoms with Crippen molar-refractivity contribution < 1.29 is 13.6 Å². The van der Waals surface area contributed by atoms with Crippen LogP contribution in [0.4, 0.5) is 13.8 Å². The molecule has 3 rings (SSSR count). The molecule has 1 N–H and O–H groups in total. The molecule has 0 spiro atoms. The number of anilines is 1. The van der Waals surface area contributed by atoms with Crippen molar-refractivity contribution in [3.05, 3.63) is 45.8 Å². The van der Waals surface area contributed by atoms with Gasteiger partial charge in [0, 0.05) is 9.77 Å². The standard InChI is InChI=1S/C17H14F2N2OS2/c18-10-5-6-13(19)15(7-10)23-9-16(22)21-17-12(8-20)11-3-1-2-4-14(11)24-17/h5-7H,1-4,9H2,(H,21,22). The number of rotatable bonds is 4. The van der Waals surface area contributed by atoms with E-state index in [1.807, 2.05) is 0 Å². The molecule has 1 heterocycles. The van der Waals surface area contributed by atoms with Gasteiger partial charge < -0.3 is 5.32 Å². The first-order valence-electron chi connectivity index (χ1n) is 7.51. The summed E-state index contributed by atoms with van der Waals surface area (Å²) in [6.07, 6.45) is 3.96. The van der Waals surface area contributed by atoms with E-state index in [4.69, 9.17) is 0 Å². The van der Waals surface area contributed by atoms with Crippen LogP contribution in [0.2, 0.25) is 0 Å². The predicted molar refractivity (Wildman–Crippen MR) is 91.4 cm³/mol. The molecule has 1 aliphatic carbocycles. The molecule has 1 amide bonds. The molecule has 0 unspecified atom stereocenters. The average molecular weight is 364 g/mol. The van der Waals surface area contributed by atoms with Crippen LogP contribution in [-0.2, 0) is 17.6 Å². The van der Waals surface area contributed by atoms with Crippen LogP contribution >= 0.6 is 23.1 Å².